The van der Waals surface area contributed by atoms with Crippen molar-refractivity contribution in [3.8, 4) is 0 Å². The number of rotatable bonds is 6. The summed E-state index contributed by atoms with van der Waals surface area (Å²) >= 11 is 0. The molecule has 0 bridgehead atoms. The van der Waals surface area contributed by atoms with Gasteiger partial charge in [0, 0.05) is 55.8 Å². The van der Waals surface area contributed by atoms with Gasteiger partial charge < -0.3 is 9.64 Å². The van der Waals surface area contributed by atoms with Gasteiger partial charge >= 0.3 is 0 Å². The quantitative estimate of drug-likeness (QED) is 0.329. The van der Waals surface area contributed by atoms with E-state index in [0.29, 0.717) is 35.1 Å². The minimum Gasteiger partial charge on any atom is -0.385 e. The molecule has 1 saturated heterocycles. The summed E-state index contributed by atoms with van der Waals surface area (Å²) in [6.07, 6.45) is 2.43. The van der Waals surface area contributed by atoms with Crippen molar-refractivity contribution in [1.29, 1.82) is 0 Å². The molecule has 2 aliphatic heterocycles. The van der Waals surface area contributed by atoms with Crippen LogP contribution >= 0.6 is 0 Å². The third-order valence-corrected chi connectivity index (χ3v) is 5.41. The SMILES string of the molecule is COCCCN1C(=O)c2cccc3c(N4CCCC4)c([N+](=O)[O-])cc(c23)C1=O. The molecule has 146 valence electrons. The minimum atomic E-state index is -0.485. The zero-order valence-electron chi connectivity index (χ0n) is 15.6. The first-order chi connectivity index (χ1) is 13.5. The molecule has 2 aliphatic rings. The number of hydrogen-bond donors (Lipinski definition) is 0. The first kappa shape index (κ1) is 18.4. The Labute approximate surface area is 161 Å². The van der Waals surface area contributed by atoms with Crippen molar-refractivity contribution in [2.45, 2.75) is 19.3 Å². The van der Waals surface area contributed by atoms with Gasteiger partial charge in [0.1, 0.15) is 5.69 Å². The first-order valence-electron chi connectivity index (χ1n) is 9.38. The van der Waals surface area contributed by atoms with Crippen molar-refractivity contribution in [2.75, 3.05) is 38.3 Å². The molecule has 2 heterocycles. The fourth-order valence-electron chi connectivity index (χ4n) is 4.17. The molecule has 28 heavy (non-hydrogen) atoms. The van der Waals surface area contributed by atoms with E-state index in [1.807, 2.05) is 4.90 Å². The second kappa shape index (κ2) is 7.20. The maximum Gasteiger partial charge on any atom is 0.293 e. The van der Waals surface area contributed by atoms with Gasteiger partial charge in [0.05, 0.1) is 10.5 Å². The number of anilines is 1. The predicted octanol–water partition coefficient (Wildman–Crippen LogP) is 2.98. The summed E-state index contributed by atoms with van der Waals surface area (Å²) in [6.45, 7) is 2.08. The van der Waals surface area contributed by atoms with Gasteiger partial charge in [-0.1, -0.05) is 12.1 Å². The van der Waals surface area contributed by atoms with Crippen LogP contribution in [0.15, 0.2) is 24.3 Å². The van der Waals surface area contributed by atoms with Crippen molar-refractivity contribution in [2.24, 2.45) is 0 Å². The van der Waals surface area contributed by atoms with E-state index in [4.69, 9.17) is 4.74 Å². The lowest BCUT2D eigenvalue weighted by Crippen LogP contribution is -2.41. The molecule has 0 aromatic heterocycles. The number of nitrogens with zero attached hydrogens (tertiary/aromatic N) is 3. The van der Waals surface area contributed by atoms with Gasteiger partial charge in [-0.25, -0.2) is 0 Å². The lowest BCUT2D eigenvalue weighted by atomic mass is 9.91. The van der Waals surface area contributed by atoms with Gasteiger partial charge in [-0.3, -0.25) is 24.6 Å². The van der Waals surface area contributed by atoms with Crippen molar-refractivity contribution >= 4 is 34.0 Å². The van der Waals surface area contributed by atoms with Crippen LogP contribution in [0.25, 0.3) is 10.8 Å². The predicted molar refractivity (Wildman–Crippen MR) is 104 cm³/mol. The fourth-order valence-corrected chi connectivity index (χ4v) is 4.17. The highest BCUT2D eigenvalue weighted by atomic mass is 16.6. The molecule has 0 radical (unpaired) electrons. The monoisotopic (exact) mass is 383 g/mol. The zero-order valence-corrected chi connectivity index (χ0v) is 15.6. The average molecular weight is 383 g/mol. The van der Waals surface area contributed by atoms with Gasteiger partial charge in [0.25, 0.3) is 17.5 Å². The number of ether oxygens (including phenoxy) is 1. The lowest BCUT2D eigenvalue weighted by Gasteiger charge is -2.29. The summed E-state index contributed by atoms with van der Waals surface area (Å²) in [5.74, 6) is -0.846. The number of amides is 2. The Morgan fingerprint density at radius 2 is 1.86 bits per heavy atom. The standard InChI is InChI=1S/C20H21N3O5/c1-28-11-5-10-22-19(24)14-7-4-6-13-17(14)15(20(22)25)12-16(23(26)27)18(13)21-8-2-3-9-21/h4,6-7,12H,2-3,5,8-11H2,1H3. The van der Waals surface area contributed by atoms with Crippen molar-refractivity contribution in [3.63, 3.8) is 0 Å². The van der Waals surface area contributed by atoms with Crippen LogP contribution in [0.3, 0.4) is 0 Å². The number of methoxy groups -OCH3 is 1. The summed E-state index contributed by atoms with van der Waals surface area (Å²) in [4.78, 5) is 40.6. The van der Waals surface area contributed by atoms with E-state index >= 15 is 0 Å². The first-order valence-corrected chi connectivity index (χ1v) is 9.38. The van der Waals surface area contributed by atoms with E-state index in [1.54, 1.807) is 25.3 Å². The Hall–Kier alpha value is -3.00. The van der Waals surface area contributed by atoms with E-state index in [2.05, 4.69) is 0 Å². The molecule has 0 saturated carbocycles. The Morgan fingerprint density at radius 3 is 2.54 bits per heavy atom. The van der Waals surface area contributed by atoms with Crippen LogP contribution in [0.2, 0.25) is 0 Å². The summed E-state index contributed by atoms with van der Waals surface area (Å²) in [5.41, 5.74) is 1.06. The topological polar surface area (TPSA) is 93.0 Å². The lowest BCUT2D eigenvalue weighted by molar-refractivity contribution is -0.384. The number of benzene rings is 2. The van der Waals surface area contributed by atoms with Crippen LogP contribution in [0.4, 0.5) is 11.4 Å². The van der Waals surface area contributed by atoms with E-state index < -0.39 is 10.8 Å². The van der Waals surface area contributed by atoms with Crippen LogP contribution in [0.5, 0.6) is 0 Å². The second-order valence-corrected chi connectivity index (χ2v) is 7.08. The maximum absolute atomic E-state index is 13.0. The van der Waals surface area contributed by atoms with Crippen LogP contribution in [-0.4, -0.2) is 55.0 Å². The molecule has 1 fully saturated rings. The maximum atomic E-state index is 13.0. The van der Waals surface area contributed by atoms with Crippen LogP contribution in [0.1, 0.15) is 40.0 Å². The fraction of sp³-hybridized carbons (Fsp3) is 0.400. The van der Waals surface area contributed by atoms with Crippen molar-refractivity contribution in [3.05, 3.63) is 45.5 Å². The van der Waals surface area contributed by atoms with Crippen LogP contribution < -0.4 is 4.90 Å². The van der Waals surface area contributed by atoms with Gasteiger partial charge in [-0.2, -0.15) is 0 Å². The average Bonchev–Trinajstić information content (AvgIpc) is 3.22. The van der Waals surface area contributed by atoms with Gasteiger partial charge in [-0.05, 0) is 25.3 Å². The van der Waals surface area contributed by atoms with Crippen molar-refractivity contribution < 1.29 is 19.2 Å². The molecule has 0 aliphatic carbocycles. The summed E-state index contributed by atoms with van der Waals surface area (Å²) in [6, 6.07) is 6.52. The molecular formula is C20H21N3O5. The number of carbonyl (C=O) groups is 2. The highest BCUT2D eigenvalue weighted by Gasteiger charge is 2.37. The molecule has 0 N–H and O–H groups in total. The van der Waals surface area contributed by atoms with E-state index in [-0.39, 0.29) is 23.7 Å². The number of imide groups is 1. The normalized spacial score (nSPS) is 16.3. The molecule has 0 atom stereocenters. The second-order valence-electron chi connectivity index (χ2n) is 7.08. The number of nitro benzene ring substituents is 1. The van der Waals surface area contributed by atoms with E-state index in [1.165, 1.54) is 6.07 Å². The highest BCUT2D eigenvalue weighted by Crippen LogP contribution is 2.43. The Morgan fingerprint density at radius 1 is 1.14 bits per heavy atom. The molecule has 4 rings (SSSR count). The van der Waals surface area contributed by atoms with E-state index in [0.717, 1.165) is 30.8 Å². The number of nitro groups is 1. The van der Waals surface area contributed by atoms with Gasteiger partial charge in [0.2, 0.25) is 0 Å². The van der Waals surface area contributed by atoms with Crippen molar-refractivity contribution in [1.82, 2.24) is 4.90 Å². The number of carbonyl (C=O) groups excluding carboxylic acids is 2. The zero-order chi connectivity index (χ0) is 19.8. The molecule has 8 heteroatoms. The summed E-state index contributed by atoms with van der Waals surface area (Å²) in [7, 11) is 1.55. The smallest absolute Gasteiger partial charge is 0.293 e. The minimum absolute atomic E-state index is 0.0823. The van der Waals surface area contributed by atoms with Gasteiger partial charge in [-0.15, -0.1) is 0 Å². The number of hydrogen-bond acceptors (Lipinski definition) is 6. The Balaban J connectivity index is 1.92. The Bertz CT molecular complexity index is 981. The van der Waals surface area contributed by atoms with Crippen LogP contribution in [0, 0.1) is 10.1 Å². The highest BCUT2D eigenvalue weighted by molar-refractivity contribution is 6.27. The molecule has 2 amide bonds. The molecular weight excluding hydrogens is 362 g/mol. The molecule has 2 aromatic rings. The third-order valence-electron chi connectivity index (χ3n) is 5.41. The summed E-state index contributed by atoms with van der Waals surface area (Å²) in [5, 5.41) is 12.9. The Kier molecular flexibility index (Phi) is 4.72. The van der Waals surface area contributed by atoms with E-state index in [9.17, 15) is 19.7 Å². The molecule has 8 nitrogen and oxygen atoms in total. The summed E-state index contributed by atoms with van der Waals surface area (Å²) < 4.78 is 5.01. The molecule has 2 aromatic carbocycles. The molecule has 0 unspecified atom stereocenters. The van der Waals surface area contributed by atoms with Crippen LogP contribution in [-0.2, 0) is 4.74 Å². The largest absolute Gasteiger partial charge is 0.385 e. The molecule has 0 spiro atoms. The third kappa shape index (κ3) is 2.80. The van der Waals surface area contributed by atoms with Gasteiger partial charge in [0.15, 0.2) is 0 Å².